The van der Waals surface area contributed by atoms with E-state index in [-0.39, 0.29) is 0 Å². The molecule has 0 saturated heterocycles. The molecule has 0 aromatic carbocycles. The maximum absolute atomic E-state index is 3.90. The SMILES string of the molecule is CCCCCC(CCCCC)NC(CC)CSC. The van der Waals surface area contributed by atoms with Crippen LogP contribution in [0.4, 0.5) is 0 Å². The molecule has 0 spiro atoms. The number of thioether (sulfide) groups is 1. The Morgan fingerprint density at radius 2 is 1.39 bits per heavy atom. The third-order valence-corrected chi connectivity index (χ3v) is 4.38. The molecule has 0 heterocycles. The molecule has 0 aliphatic rings. The van der Waals surface area contributed by atoms with Gasteiger partial charge in [-0.3, -0.25) is 0 Å². The van der Waals surface area contributed by atoms with E-state index in [4.69, 9.17) is 0 Å². The summed E-state index contributed by atoms with van der Waals surface area (Å²) in [6, 6.07) is 1.48. The fraction of sp³-hybridized carbons (Fsp3) is 1.00. The van der Waals surface area contributed by atoms with Crippen LogP contribution < -0.4 is 5.32 Å². The monoisotopic (exact) mass is 273 g/mol. The quantitative estimate of drug-likeness (QED) is 0.460. The summed E-state index contributed by atoms with van der Waals surface area (Å²) in [4.78, 5) is 0. The second-order valence-electron chi connectivity index (χ2n) is 5.42. The second-order valence-corrected chi connectivity index (χ2v) is 6.33. The predicted molar refractivity (Wildman–Crippen MR) is 87.7 cm³/mol. The van der Waals surface area contributed by atoms with Crippen molar-refractivity contribution in [3.8, 4) is 0 Å². The molecule has 0 radical (unpaired) electrons. The molecule has 0 aliphatic carbocycles. The first kappa shape index (κ1) is 18.3. The first-order valence-corrected chi connectivity index (χ1v) is 9.42. The van der Waals surface area contributed by atoms with E-state index in [1.54, 1.807) is 0 Å². The van der Waals surface area contributed by atoms with Crippen LogP contribution in [0.1, 0.15) is 78.6 Å². The van der Waals surface area contributed by atoms with Gasteiger partial charge >= 0.3 is 0 Å². The Morgan fingerprint density at radius 1 is 0.833 bits per heavy atom. The lowest BCUT2D eigenvalue weighted by molar-refractivity contribution is 0.378. The maximum Gasteiger partial charge on any atom is 0.0158 e. The third-order valence-electron chi connectivity index (χ3n) is 3.64. The van der Waals surface area contributed by atoms with Gasteiger partial charge in [0.25, 0.3) is 0 Å². The number of rotatable bonds is 13. The molecule has 0 amide bonds. The van der Waals surface area contributed by atoms with E-state index in [0.717, 1.165) is 6.04 Å². The van der Waals surface area contributed by atoms with Gasteiger partial charge in [0.05, 0.1) is 0 Å². The summed E-state index contributed by atoms with van der Waals surface area (Å²) in [5, 5.41) is 3.90. The predicted octanol–water partition coefficient (Wildman–Crippen LogP) is 5.25. The average molecular weight is 274 g/mol. The van der Waals surface area contributed by atoms with Crippen molar-refractivity contribution in [1.29, 1.82) is 0 Å². The van der Waals surface area contributed by atoms with Gasteiger partial charge in [-0.2, -0.15) is 11.8 Å². The van der Waals surface area contributed by atoms with Gasteiger partial charge in [-0.25, -0.2) is 0 Å². The minimum absolute atomic E-state index is 0.716. The van der Waals surface area contributed by atoms with Gasteiger partial charge in [0, 0.05) is 17.8 Å². The molecule has 0 saturated carbocycles. The smallest absolute Gasteiger partial charge is 0.0158 e. The molecule has 1 unspecified atom stereocenters. The summed E-state index contributed by atoms with van der Waals surface area (Å²) in [7, 11) is 0. The van der Waals surface area contributed by atoms with Crippen LogP contribution in [0.5, 0.6) is 0 Å². The van der Waals surface area contributed by atoms with Crippen LogP contribution in [-0.4, -0.2) is 24.1 Å². The van der Waals surface area contributed by atoms with Gasteiger partial charge in [-0.15, -0.1) is 0 Å². The number of nitrogens with one attached hydrogen (secondary N) is 1. The molecule has 0 rings (SSSR count). The molecule has 2 heteroatoms. The largest absolute Gasteiger partial charge is 0.310 e. The standard InChI is InChI=1S/C16H35NS/c1-5-8-10-12-16(13-11-9-6-2)17-15(7-3)14-18-4/h15-17H,5-14H2,1-4H3. The molecular formula is C16H35NS. The Balaban J connectivity index is 3.99. The average Bonchev–Trinajstić information content (AvgIpc) is 2.38. The third kappa shape index (κ3) is 10.3. The zero-order valence-corrected chi connectivity index (χ0v) is 14.0. The molecular weight excluding hydrogens is 238 g/mol. The zero-order valence-electron chi connectivity index (χ0n) is 13.1. The highest BCUT2D eigenvalue weighted by atomic mass is 32.2. The summed E-state index contributed by atoms with van der Waals surface area (Å²) in [6.07, 6.45) is 14.5. The van der Waals surface area contributed by atoms with Crippen molar-refractivity contribution in [2.24, 2.45) is 0 Å². The molecule has 1 atom stereocenters. The maximum atomic E-state index is 3.90. The van der Waals surface area contributed by atoms with E-state index < -0.39 is 0 Å². The molecule has 0 fully saturated rings. The van der Waals surface area contributed by atoms with Gasteiger partial charge in [-0.05, 0) is 25.5 Å². The van der Waals surface area contributed by atoms with Crippen LogP contribution in [0.25, 0.3) is 0 Å². The van der Waals surface area contributed by atoms with Gasteiger partial charge in [-0.1, -0.05) is 59.3 Å². The first-order chi connectivity index (χ1) is 8.78. The molecule has 0 aliphatic heterocycles. The molecule has 1 N–H and O–H groups in total. The van der Waals surface area contributed by atoms with Crippen molar-refractivity contribution >= 4 is 11.8 Å². The van der Waals surface area contributed by atoms with Crippen molar-refractivity contribution in [1.82, 2.24) is 5.32 Å². The summed E-state index contributed by atoms with van der Waals surface area (Å²) in [5.74, 6) is 1.26. The van der Waals surface area contributed by atoms with E-state index in [1.807, 2.05) is 11.8 Å². The van der Waals surface area contributed by atoms with Crippen molar-refractivity contribution in [3.05, 3.63) is 0 Å². The van der Waals surface area contributed by atoms with E-state index in [1.165, 1.54) is 63.5 Å². The topological polar surface area (TPSA) is 12.0 Å². The van der Waals surface area contributed by atoms with Crippen LogP contribution in [-0.2, 0) is 0 Å². The van der Waals surface area contributed by atoms with Crippen LogP contribution in [0, 0.1) is 0 Å². The molecule has 18 heavy (non-hydrogen) atoms. The number of unbranched alkanes of at least 4 members (excludes halogenated alkanes) is 4. The van der Waals surface area contributed by atoms with Gasteiger partial charge in [0.1, 0.15) is 0 Å². The second kappa shape index (κ2) is 13.7. The molecule has 0 aromatic rings. The van der Waals surface area contributed by atoms with Crippen molar-refractivity contribution in [3.63, 3.8) is 0 Å². The Kier molecular flexibility index (Phi) is 14.0. The van der Waals surface area contributed by atoms with Crippen LogP contribution in [0.2, 0.25) is 0 Å². The highest BCUT2D eigenvalue weighted by Gasteiger charge is 2.13. The normalized spacial score (nSPS) is 13.2. The Morgan fingerprint density at radius 3 is 1.78 bits per heavy atom. The summed E-state index contributed by atoms with van der Waals surface area (Å²) in [6.45, 7) is 6.90. The summed E-state index contributed by atoms with van der Waals surface area (Å²) >= 11 is 1.97. The summed E-state index contributed by atoms with van der Waals surface area (Å²) in [5.41, 5.74) is 0. The van der Waals surface area contributed by atoms with Crippen molar-refractivity contribution in [2.75, 3.05) is 12.0 Å². The van der Waals surface area contributed by atoms with Crippen LogP contribution in [0.15, 0.2) is 0 Å². The van der Waals surface area contributed by atoms with E-state index in [2.05, 4.69) is 32.3 Å². The lowest BCUT2D eigenvalue weighted by Crippen LogP contribution is -2.39. The Labute approximate surface area is 120 Å². The first-order valence-electron chi connectivity index (χ1n) is 8.03. The highest BCUT2D eigenvalue weighted by molar-refractivity contribution is 7.98. The molecule has 0 bridgehead atoms. The van der Waals surface area contributed by atoms with E-state index >= 15 is 0 Å². The number of hydrogen-bond donors (Lipinski definition) is 1. The molecule has 1 nitrogen and oxygen atoms in total. The Hall–Kier alpha value is 0.310. The zero-order chi connectivity index (χ0) is 13.6. The lowest BCUT2D eigenvalue weighted by atomic mass is 10.0. The van der Waals surface area contributed by atoms with Crippen molar-refractivity contribution in [2.45, 2.75) is 90.6 Å². The van der Waals surface area contributed by atoms with Gasteiger partial charge < -0.3 is 5.32 Å². The Bertz CT molecular complexity index is 151. The number of hydrogen-bond acceptors (Lipinski definition) is 2. The van der Waals surface area contributed by atoms with Crippen LogP contribution >= 0.6 is 11.8 Å². The van der Waals surface area contributed by atoms with E-state index in [9.17, 15) is 0 Å². The minimum atomic E-state index is 0.716. The fourth-order valence-electron chi connectivity index (χ4n) is 2.41. The highest BCUT2D eigenvalue weighted by Crippen LogP contribution is 2.13. The van der Waals surface area contributed by atoms with Crippen molar-refractivity contribution < 1.29 is 0 Å². The minimum Gasteiger partial charge on any atom is -0.310 e. The van der Waals surface area contributed by atoms with Crippen LogP contribution in [0.3, 0.4) is 0 Å². The fourth-order valence-corrected chi connectivity index (χ4v) is 3.15. The summed E-state index contributed by atoms with van der Waals surface area (Å²) < 4.78 is 0. The van der Waals surface area contributed by atoms with Gasteiger partial charge in [0.2, 0.25) is 0 Å². The molecule has 110 valence electrons. The van der Waals surface area contributed by atoms with Gasteiger partial charge in [0.15, 0.2) is 0 Å². The van der Waals surface area contributed by atoms with E-state index in [0.29, 0.717) is 6.04 Å². The lowest BCUT2D eigenvalue weighted by Gasteiger charge is -2.25. The molecule has 0 aromatic heterocycles.